The number of rotatable bonds is 6. The second-order valence-corrected chi connectivity index (χ2v) is 7.01. The number of hydrogen-bond acceptors (Lipinski definition) is 6. The zero-order valence-corrected chi connectivity index (χ0v) is 17.4. The molecule has 1 aliphatic heterocycles. The average Bonchev–Trinajstić information content (AvgIpc) is 2.69. The lowest BCUT2D eigenvalue weighted by Crippen LogP contribution is -2.45. The third-order valence-corrected chi connectivity index (χ3v) is 4.79. The fraction of sp³-hybridized carbons (Fsp3) is 0.190. The van der Waals surface area contributed by atoms with Crippen LogP contribution in [0.1, 0.15) is 10.5 Å². The van der Waals surface area contributed by atoms with E-state index < -0.39 is 40.3 Å². The van der Waals surface area contributed by atoms with Crippen molar-refractivity contribution in [2.45, 2.75) is 0 Å². The van der Waals surface area contributed by atoms with Crippen LogP contribution in [0.25, 0.3) is 11.3 Å². The van der Waals surface area contributed by atoms with Gasteiger partial charge in [-0.2, -0.15) is 0 Å². The van der Waals surface area contributed by atoms with Crippen LogP contribution in [-0.4, -0.2) is 35.6 Å². The Bertz CT molecular complexity index is 1120. The molecule has 0 spiro atoms. The number of amides is 1. The van der Waals surface area contributed by atoms with E-state index in [4.69, 9.17) is 10.5 Å². The molecule has 1 aromatic carbocycles. The normalized spacial score (nSPS) is 13.1. The van der Waals surface area contributed by atoms with Gasteiger partial charge in [0.25, 0.3) is 5.91 Å². The summed E-state index contributed by atoms with van der Waals surface area (Å²) in [5.74, 6) is -3.15. The third kappa shape index (κ3) is 4.76. The van der Waals surface area contributed by atoms with Crippen molar-refractivity contribution in [3.05, 3.63) is 65.9 Å². The van der Waals surface area contributed by atoms with Gasteiger partial charge in [-0.1, -0.05) is 6.07 Å². The molecule has 7 nitrogen and oxygen atoms in total. The van der Waals surface area contributed by atoms with Crippen molar-refractivity contribution in [3.63, 3.8) is 0 Å². The monoisotopic (exact) mass is 465 g/mol. The first-order chi connectivity index (χ1) is 14.9. The van der Waals surface area contributed by atoms with Crippen LogP contribution in [0.5, 0.6) is 5.75 Å². The number of aromatic nitrogens is 2. The van der Waals surface area contributed by atoms with Crippen LogP contribution < -0.4 is 21.1 Å². The number of ether oxygens (including phenoxy) is 1. The highest BCUT2D eigenvalue weighted by Gasteiger charge is 2.23. The minimum Gasteiger partial charge on any atom is -0.491 e. The van der Waals surface area contributed by atoms with Gasteiger partial charge >= 0.3 is 0 Å². The second-order valence-electron chi connectivity index (χ2n) is 7.01. The molecule has 0 bridgehead atoms. The summed E-state index contributed by atoms with van der Waals surface area (Å²) in [6.45, 7) is 2.14. The number of nitrogen functional groups attached to an aromatic ring is 1. The Morgan fingerprint density at radius 2 is 1.91 bits per heavy atom. The van der Waals surface area contributed by atoms with Gasteiger partial charge in [0.05, 0.1) is 24.1 Å². The van der Waals surface area contributed by atoms with E-state index in [0.29, 0.717) is 18.3 Å². The molecule has 168 valence electrons. The van der Waals surface area contributed by atoms with Crippen molar-refractivity contribution in [1.29, 1.82) is 0 Å². The smallest absolute Gasteiger partial charge is 0.276 e. The maximum Gasteiger partial charge on any atom is 0.276 e. The summed E-state index contributed by atoms with van der Waals surface area (Å²) in [5.41, 5.74) is 3.99. The largest absolute Gasteiger partial charge is 0.491 e. The van der Waals surface area contributed by atoms with Crippen molar-refractivity contribution >= 4 is 29.7 Å². The van der Waals surface area contributed by atoms with Crippen molar-refractivity contribution in [2.75, 3.05) is 30.7 Å². The topological polar surface area (TPSA) is 102 Å². The summed E-state index contributed by atoms with van der Waals surface area (Å²) < 4.78 is 48.4. The molecule has 0 saturated carbocycles. The minimum atomic E-state index is -1.06. The Balaban J connectivity index is 0.00000289. The van der Waals surface area contributed by atoms with E-state index >= 15 is 0 Å². The summed E-state index contributed by atoms with van der Waals surface area (Å²) >= 11 is 0. The summed E-state index contributed by atoms with van der Waals surface area (Å²) in [5, 5.41) is 5.70. The van der Waals surface area contributed by atoms with E-state index in [1.165, 1.54) is 12.4 Å². The number of carbonyl (C=O) groups is 1. The first kappa shape index (κ1) is 23.3. The maximum atomic E-state index is 14.4. The fourth-order valence-corrected chi connectivity index (χ4v) is 3.04. The SMILES string of the molecule is Cl.Nc1cc(F)c(-c2c(F)cccc2F)nc1C(=O)Nc1cnccc1OCC1CNC1. The number of hydrogen-bond donors (Lipinski definition) is 3. The number of nitrogens with zero attached hydrogens (tertiary/aromatic N) is 2. The van der Waals surface area contributed by atoms with Crippen LogP contribution in [0.15, 0.2) is 42.7 Å². The van der Waals surface area contributed by atoms with Crippen LogP contribution in [0.3, 0.4) is 0 Å². The van der Waals surface area contributed by atoms with Crippen LogP contribution >= 0.6 is 12.4 Å². The highest BCUT2D eigenvalue weighted by Crippen LogP contribution is 2.30. The van der Waals surface area contributed by atoms with E-state index in [9.17, 15) is 18.0 Å². The molecule has 2 aromatic heterocycles. The molecule has 3 heterocycles. The summed E-state index contributed by atoms with van der Waals surface area (Å²) in [6.07, 6.45) is 2.89. The standard InChI is InChI=1S/C21H18F3N5O2.ClH/c22-12-2-1-3-13(23)18(12)19-14(24)6-15(25)20(29-19)21(30)28-16-9-26-5-4-17(16)31-10-11-7-27-8-11;/h1-6,9,11,27H,7-8,10,25H2,(H,28,30);1H. The molecule has 0 aliphatic carbocycles. The minimum absolute atomic E-state index is 0. The number of halogens is 4. The number of anilines is 2. The molecular formula is C21H19ClF3N5O2. The molecule has 0 unspecified atom stereocenters. The summed E-state index contributed by atoms with van der Waals surface area (Å²) in [7, 11) is 0. The van der Waals surface area contributed by atoms with E-state index in [-0.39, 0.29) is 23.8 Å². The van der Waals surface area contributed by atoms with Gasteiger partial charge in [0, 0.05) is 37.3 Å². The number of nitrogens with one attached hydrogen (secondary N) is 2. The third-order valence-electron chi connectivity index (χ3n) is 4.79. The van der Waals surface area contributed by atoms with E-state index in [1.54, 1.807) is 6.07 Å². The van der Waals surface area contributed by atoms with Crippen molar-refractivity contribution in [1.82, 2.24) is 15.3 Å². The first-order valence-corrected chi connectivity index (χ1v) is 9.43. The van der Waals surface area contributed by atoms with Gasteiger partial charge in [0.15, 0.2) is 11.5 Å². The van der Waals surface area contributed by atoms with Crippen LogP contribution in [0.2, 0.25) is 0 Å². The molecule has 32 heavy (non-hydrogen) atoms. The summed E-state index contributed by atoms with van der Waals surface area (Å²) in [4.78, 5) is 20.6. The predicted molar refractivity (Wildman–Crippen MR) is 115 cm³/mol. The number of pyridine rings is 2. The highest BCUT2D eigenvalue weighted by atomic mass is 35.5. The van der Waals surface area contributed by atoms with Gasteiger partial charge in [-0.15, -0.1) is 12.4 Å². The molecular weight excluding hydrogens is 447 g/mol. The Kier molecular flexibility index (Phi) is 7.16. The number of carbonyl (C=O) groups excluding carboxylic acids is 1. The Morgan fingerprint density at radius 3 is 2.56 bits per heavy atom. The van der Waals surface area contributed by atoms with E-state index in [1.807, 2.05) is 0 Å². The quantitative estimate of drug-likeness (QED) is 0.515. The molecule has 0 radical (unpaired) electrons. The average molecular weight is 466 g/mol. The van der Waals surface area contributed by atoms with Crippen LogP contribution in [0.4, 0.5) is 24.5 Å². The molecule has 4 rings (SSSR count). The lowest BCUT2D eigenvalue weighted by Gasteiger charge is -2.27. The van der Waals surface area contributed by atoms with Gasteiger partial charge in [-0.05, 0) is 12.1 Å². The maximum absolute atomic E-state index is 14.4. The van der Waals surface area contributed by atoms with Gasteiger partial charge < -0.3 is 21.1 Å². The molecule has 4 N–H and O–H groups in total. The predicted octanol–water partition coefficient (Wildman–Crippen LogP) is 3.42. The molecule has 3 aromatic rings. The van der Waals surface area contributed by atoms with Crippen LogP contribution in [0, 0.1) is 23.4 Å². The van der Waals surface area contributed by atoms with Crippen molar-refractivity contribution in [3.8, 4) is 17.0 Å². The highest BCUT2D eigenvalue weighted by molar-refractivity contribution is 6.07. The zero-order chi connectivity index (χ0) is 22.0. The fourth-order valence-electron chi connectivity index (χ4n) is 3.04. The zero-order valence-electron chi connectivity index (χ0n) is 16.6. The number of benzene rings is 1. The molecule has 0 atom stereocenters. The van der Waals surface area contributed by atoms with Gasteiger partial charge in [0.1, 0.15) is 28.8 Å². The number of nitrogens with two attached hydrogens (primary N) is 1. The van der Waals surface area contributed by atoms with Gasteiger partial charge in [-0.3, -0.25) is 9.78 Å². The van der Waals surface area contributed by atoms with E-state index in [0.717, 1.165) is 37.4 Å². The van der Waals surface area contributed by atoms with Gasteiger partial charge in [0.2, 0.25) is 0 Å². The lowest BCUT2D eigenvalue weighted by atomic mass is 10.1. The molecule has 1 aliphatic rings. The second kappa shape index (κ2) is 9.84. The van der Waals surface area contributed by atoms with Crippen LogP contribution in [-0.2, 0) is 0 Å². The van der Waals surface area contributed by atoms with Gasteiger partial charge in [-0.25, -0.2) is 18.2 Å². The Morgan fingerprint density at radius 1 is 1.19 bits per heavy atom. The first-order valence-electron chi connectivity index (χ1n) is 9.43. The molecule has 1 fully saturated rings. The Labute approximate surface area is 187 Å². The molecule has 1 saturated heterocycles. The van der Waals surface area contributed by atoms with E-state index in [2.05, 4.69) is 20.6 Å². The molecule has 11 heteroatoms. The summed E-state index contributed by atoms with van der Waals surface area (Å²) in [6, 6.07) is 5.45. The van der Waals surface area contributed by atoms with Crippen molar-refractivity contribution < 1.29 is 22.7 Å². The Hall–Kier alpha value is -3.37. The molecule has 1 amide bonds. The van der Waals surface area contributed by atoms with Crippen molar-refractivity contribution in [2.24, 2.45) is 5.92 Å². The lowest BCUT2D eigenvalue weighted by molar-refractivity contribution is 0.102.